The third kappa shape index (κ3) is 2.10. The Kier molecular flexibility index (Phi) is 3.07. The van der Waals surface area contributed by atoms with Crippen LogP contribution in [-0.4, -0.2) is 24.7 Å². The Hall–Kier alpha value is -1.79. The molecule has 0 amide bonds. The lowest BCUT2D eigenvalue weighted by Crippen LogP contribution is -2.11. The highest BCUT2D eigenvalue weighted by Crippen LogP contribution is 2.31. The van der Waals surface area contributed by atoms with Crippen molar-refractivity contribution in [1.29, 1.82) is 0 Å². The van der Waals surface area contributed by atoms with Crippen LogP contribution < -0.4 is 0 Å². The van der Waals surface area contributed by atoms with Crippen molar-refractivity contribution in [2.75, 3.05) is 0 Å². The van der Waals surface area contributed by atoms with E-state index in [-0.39, 0.29) is 12.0 Å². The highest BCUT2D eigenvalue weighted by Gasteiger charge is 2.23. The number of imidazole rings is 1. The van der Waals surface area contributed by atoms with E-state index in [2.05, 4.69) is 35.8 Å². The average Bonchev–Trinajstić information content (AvgIpc) is 2.96. The van der Waals surface area contributed by atoms with Crippen LogP contribution in [0, 0.1) is 0 Å². The fourth-order valence-electron chi connectivity index (χ4n) is 1.97. The molecule has 0 bridgehead atoms. The zero-order chi connectivity index (χ0) is 14.3. The average molecular weight is 288 g/mol. The molecule has 0 atom stereocenters. The highest BCUT2D eigenvalue weighted by atomic mass is 32.1. The van der Waals surface area contributed by atoms with Crippen molar-refractivity contribution in [1.82, 2.24) is 19.6 Å². The molecule has 3 aromatic heterocycles. The first-order valence-electron chi connectivity index (χ1n) is 6.41. The van der Waals surface area contributed by atoms with Crippen LogP contribution in [0.3, 0.4) is 0 Å². The summed E-state index contributed by atoms with van der Waals surface area (Å²) in [6.45, 7) is 6.25. The molecular formula is C14H16N4OS. The van der Waals surface area contributed by atoms with E-state index in [0.717, 1.165) is 21.2 Å². The van der Waals surface area contributed by atoms with Crippen LogP contribution in [0.15, 0.2) is 24.5 Å². The van der Waals surface area contributed by atoms with E-state index in [1.807, 2.05) is 12.1 Å². The summed E-state index contributed by atoms with van der Waals surface area (Å²) in [5.41, 5.74) is 2.33. The topological polar surface area (TPSA) is 63.3 Å². The predicted octanol–water partition coefficient (Wildman–Crippen LogP) is 2.64. The summed E-state index contributed by atoms with van der Waals surface area (Å²) in [7, 11) is 0. The molecule has 104 valence electrons. The summed E-state index contributed by atoms with van der Waals surface area (Å²) in [5.74, 6) is 0. The minimum Gasteiger partial charge on any atom is -0.390 e. The minimum atomic E-state index is -0.0985. The lowest BCUT2D eigenvalue weighted by Gasteiger charge is -2.12. The second kappa shape index (κ2) is 4.64. The van der Waals surface area contributed by atoms with Gasteiger partial charge in [0.15, 0.2) is 0 Å². The van der Waals surface area contributed by atoms with E-state index in [1.165, 1.54) is 0 Å². The molecule has 5 nitrogen and oxygen atoms in total. The van der Waals surface area contributed by atoms with Gasteiger partial charge >= 0.3 is 0 Å². The van der Waals surface area contributed by atoms with E-state index in [1.54, 1.807) is 28.2 Å². The maximum absolute atomic E-state index is 9.66. The summed E-state index contributed by atoms with van der Waals surface area (Å²) < 4.78 is 1.74. The first-order valence-corrected chi connectivity index (χ1v) is 7.22. The van der Waals surface area contributed by atoms with E-state index >= 15 is 0 Å². The van der Waals surface area contributed by atoms with Crippen LogP contribution in [0.5, 0.6) is 0 Å². The molecule has 0 aromatic carbocycles. The van der Waals surface area contributed by atoms with Crippen molar-refractivity contribution in [3.63, 3.8) is 0 Å². The molecule has 0 aliphatic carbocycles. The van der Waals surface area contributed by atoms with E-state index in [9.17, 15) is 5.11 Å². The molecule has 0 aliphatic heterocycles. The fraction of sp³-hybridized carbons (Fsp3) is 0.357. The first kappa shape index (κ1) is 13.2. The van der Waals surface area contributed by atoms with Gasteiger partial charge in [0.2, 0.25) is 4.96 Å². The zero-order valence-corrected chi connectivity index (χ0v) is 12.5. The molecular weight excluding hydrogens is 272 g/mol. The van der Waals surface area contributed by atoms with Crippen molar-refractivity contribution in [3.05, 3.63) is 35.2 Å². The lowest BCUT2D eigenvalue weighted by atomic mass is 9.98. The number of fused-ring (bicyclic) bond motifs is 1. The largest absolute Gasteiger partial charge is 0.390 e. The summed E-state index contributed by atoms with van der Waals surface area (Å²) in [6.07, 6.45) is 3.47. The first-order chi connectivity index (χ1) is 9.50. The van der Waals surface area contributed by atoms with Crippen molar-refractivity contribution in [3.8, 4) is 11.3 Å². The number of aliphatic hydroxyl groups excluding tert-OH is 1. The molecule has 3 heterocycles. The molecule has 0 radical (unpaired) electrons. The van der Waals surface area contributed by atoms with Gasteiger partial charge in [-0.25, -0.2) is 9.50 Å². The molecule has 6 heteroatoms. The highest BCUT2D eigenvalue weighted by molar-refractivity contribution is 7.16. The van der Waals surface area contributed by atoms with Gasteiger partial charge in [-0.2, -0.15) is 5.10 Å². The van der Waals surface area contributed by atoms with Gasteiger partial charge in [-0.3, -0.25) is 4.98 Å². The maximum Gasteiger partial charge on any atom is 0.213 e. The van der Waals surface area contributed by atoms with Gasteiger partial charge in [-0.05, 0) is 12.1 Å². The lowest BCUT2D eigenvalue weighted by molar-refractivity contribution is 0.274. The Bertz CT molecular complexity index is 740. The Morgan fingerprint density at radius 1 is 1.35 bits per heavy atom. The predicted molar refractivity (Wildman–Crippen MR) is 78.7 cm³/mol. The maximum atomic E-state index is 9.66. The molecule has 3 aromatic rings. The van der Waals surface area contributed by atoms with Gasteiger partial charge < -0.3 is 5.11 Å². The van der Waals surface area contributed by atoms with Gasteiger partial charge in [0.05, 0.1) is 18.0 Å². The number of hydrogen-bond acceptors (Lipinski definition) is 5. The van der Waals surface area contributed by atoms with Gasteiger partial charge in [0.25, 0.3) is 0 Å². The van der Waals surface area contributed by atoms with E-state index < -0.39 is 0 Å². The third-order valence-electron chi connectivity index (χ3n) is 3.02. The molecule has 0 saturated carbocycles. The van der Waals surface area contributed by atoms with Crippen LogP contribution in [0.1, 0.15) is 31.5 Å². The van der Waals surface area contributed by atoms with Crippen molar-refractivity contribution in [2.45, 2.75) is 32.8 Å². The van der Waals surface area contributed by atoms with Gasteiger partial charge in [-0.15, -0.1) is 0 Å². The van der Waals surface area contributed by atoms with E-state index in [4.69, 9.17) is 0 Å². The monoisotopic (exact) mass is 288 g/mol. The molecule has 0 spiro atoms. The van der Waals surface area contributed by atoms with Crippen molar-refractivity contribution >= 4 is 16.3 Å². The van der Waals surface area contributed by atoms with Crippen LogP contribution in [-0.2, 0) is 12.0 Å². The summed E-state index contributed by atoms with van der Waals surface area (Å²) >= 11 is 1.56. The summed E-state index contributed by atoms with van der Waals surface area (Å²) in [5, 5.41) is 15.3. The Morgan fingerprint density at radius 3 is 2.75 bits per heavy atom. The van der Waals surface area contributed by atoms with Gasteiger partial charge in [0, 0.05) is 23.4 Å². The Balaban J connectivity index is 2.19. The number of pyridine rings is 1. The molecule has 0 saturated heterocycles. The van der Waals surface area contributed by atoms with Crippen LogP contribution in [0.25, 0.3) is 16.2 Å². The minimum absolute atomic E-state index is 0.0213. The normalized spacial score (nSPS) is 12.2. The summed E-state index contributed by atoms with van der Waals surface area (Å²) in [6, 6.07) is 3.79. The number of aromatic nitrogens is 4. The smallest absolute Gasteiger partial charge is 0.213 e. The number of rotatable bonds is 2. The van der Waals surface area contributed by atoms with E-state index in [0.29, 0.717) is 5.69 Å². The number of nitrogens with zero attached hydrogens (tertiary/aromatic N) is 4. The van der Waals surface area contributed by atoms with Gasteiger partial charge in [0.1, 0.15) is 5.01 Å². The third-order valence-corrected chi connectivity index (χ3v) is 4.36. The second-order valence-electron chi connectivity index (χ2n) is 5.66. The van der Waals surface area contributed by atoms with Crippen molar-refractivity contribution < 1.29 is 5.11 Å². The SMILES string of the molecule is CC(C)(C)c1nn2c(CO)c(-c3cccnc3)nc2s1. The Morgan fingerprint density at radius 2 is 2.15 bits per heavy atom. The van der Waals surface area contributed by atoms with Crippen LogP contribution >= 0.6 is 11.3 Å². The molecule has 3 rings (SSSR count). The van der Waals surface area contributed by atoms with Crippen LogP contribution in [0.4, 0.5) is 0 Å². The quantitative estimate of drug-likeness (QED) is 0.787. The summed E-state index contributed by atoms with van der Waals surface area (Å²) in [4.78, 5) is 9.51. The molecule has 0 fully saturated rings. The standard InChI is InChI=1S/C14H16N4OS/c1-14(2,3)12-17-18-10(8-19)11(16-13(18)20-12)9-5-4-6-15-7-9/h4-7,19H,8H2,1-3H3. The number of hydrogen-bond donors (Lipinski definition) is 1. The fourth-order valence-corrected chi connectivity index (χ4v) is 2.95. The molecule has 20 heavy (non-hydrogen) atoms. The zero-order valence-electron chi connectivity index (χ0n) is 11.7. The van der Waals surface area contributed by atoms with Crippen LogP contribution in [0.2, 0.25) is 0 Å². The molecule has 0 unspecified atom stereocenters. The second-order valence-corrected chi connectivity index (χ2v) is 6.61. The Labute approximate surface area is 120 Å². The van der Waals surface area contributed by atoms with Gasteiger partial charge in [-0.1, -0.05) is 32.1 Å². The molecule has 0 aliphatic rings. The molecule has 1 N–H and O–H groups in total. The number of aliphatic hydroxyl groups is 1. The van der Waals surface area contributed by atoms with Crippen molar-refractivity contribution in [2.24, 2.45) is 0 Å².